The van der Waals surface area contributed by atoms with Gasteiger partial charge < -0.3 is 43.0 Å². The zero-order chi connectivity index (χ0) is 40.8. The molecule has 4 rings (SSSR count). The van der Waals surface area contributed by atoms with Gasteiger partial charge >= 0.3 is 0 Å². The second kappa shape index (κ2) is 21.3. The van der Waals surface area contributed by atoms with Gasteiger partial charge in [-0.2, -0.15) is 0 Å². The monoisotopic (exact) mass is 775 g/mol. The minimum atomic E-state index is -0.999. The molecule has 5 amide bonds. The van der Waals surface area contributed by atoms with Crippen molar-refractivity contribution in [3.8, 4) is 0 Å². The number of amides is 5. The fourth-order valence-corrected chi connectivity index (χ4v) is 7.80. The Kier molecular flexibility index (Phi) is 16.9. The van der Waals surface area contributed by atoms with Gasteiger partial charge in [0, 0.05) is 38.0 Å². The third-order valence-electron chi connectivity index (χ3n) is 11.0. The molecule has 0 bridgehead atoms. The maximum absolute atomic E-state index is 14.0. The van der Waals surface area contributed by atoms with Gasteiger partial charge in [-0.25, -0.2) is 0 Å². The van der Waals surface area contributed by atoms with Gasteiger partial charge in [0.1, 0.15) is 18.1 Å². The second-order valence-corrected chi connectivity index (χ2v) is 16.8. The summed E-state index contributed by atoms with van der Waals surface area (Å²) < 4.78 is 0. The predicted molar refractivity (Wildman–Crippen MR) is 219 cm³/mol. The van der Waals surface area contributed by atoms with Crippen molar-refractivity contribution in [1.29, 1.82) is 0 Å². The topological polar surface area (TPSA) is 206 Å². The van der Waals surface area contributed by atoms with E-state index < -0.39 is 47.9 Å². The number of piperidine rings is 1. The molecule has 0 aliphatic carbocycles. The van der Waals surface area contributed by atoms with Crippen LogP contribution in [0.3, 0.4) is 0 Å². The molecule has 5 unspecified atom stereocenters. The molecule has 2 aliphatic heterocycles. The third kappa shape index (κ3) is 13.1. The molecule has 0 saturated carbocycles. The highest BCUT2D eigenvalue weighted by molar-refractivity contribution is 5.95. The van der Waals surface area contributed by atoms with E-state index in [9.17, 15) is 24.0 Å². The summed E-state index contributed by atoms with van der Waals surface area (Å²) in [5.74, 6) is -1.23. The Labute approximate surface area is 333 Å². The van der Waals surface area contributed by atoms with E-state index in [0.29, 0.717) is 77.2 Å². The molecule has 308 valence electrons. The number of hydrogen-bond acceptors (Lipinski definition) is 8. The highest BCUT2D eigenvalue weighted by atomic mass is 16.2. The summed E-state index contributed by atoms with van der Waals surface area (Å²) in [5.41, 5.74) is 19.9. The van der Waals surface area contributed by atoms with Crippen LogP contribution in [0.25, 0.3) is 0 Å². The largest absolute Gasteiger partial charge is 0.343 e. The van der Waals surface area contributed by atoms with Crippen molar-refractivity contribution in [3.05, 3.63) is 71.8 Å². The Morgan fingerprint density at radius 2 is 1.14 bits per heavy atom. The number of benzene rings is 2. The van der Waals surface area contributed by atoms with Crippen LogP contribution in [0.15, 0.2) is 60.7 Å². The van der Waals surface area contributed by atoms with Crippen LogP contribution in [-0.4, -0.2) is 102 Å². The van der Waals surface area contributed by atoms with E-state index in [1.807, 2.05) is 79.4 Å². The number of nitrogens with two attached hydrogens (primary N) is 3. The van der Waals surface area contributed by atoms with Crippen LogP contribution in [0.5, 0.6) is 0 Å². The fourth-order valence-electron chi connectivity index (χ4n) is 7.80. The average Bonchev–Trinajstić information content (AvgIpc) is 3.15. The summed E-state index contributed by atoms with van der Waals surface area (Å²) in [6, 6.07) is 14.6. The van der Waals surface area contributed by atoms with Crippen LogP contribution in [0.1, 0.15) is 83.8 Å². The number of unbranched alkanes of at least 4 members (excludes halogenated alkanes) is 1. The van der Waals surface area contributed by atoms with Crippen molar-refractivity contribution in [2.24, 2.45) is 34.5 Å². The molecule has 13 heteroatoms. The van der Waals surface area contributed by atoms with Gasteiger partial charge in [-0.3, -0.25) is 24.0 Å². The van der Waals surface area contributed by atoms with Crippen molar-refractivity contribution < 1.29 is 24.0 Å². The van der Waals surface area contributed by atoms with Crippen LogP contribution in [0, 0.1) is 17.3 Å². The van der Waals surface area contributed by atoms with Gasteiger partial charge in [-0.1, -0.05) is 88.4 Å². The summed E-state index contributed by atoms with van der Waals surface area (Å²) in [5, 5.41) is 8.76. The molecule has 5 atom stereocenters. The number of nitrogens with zero attached hydrogens (tertiary/aromatic N) is 2. The lowest BCUT2D eigenvalue weighted by Crippen LogP contribution is -2.66. The number of hydrogen-bond donors (Lipinski definition) is 6. The number of carbonyl (C=O) groups excluding carboxylic acids is 5. The lowest BCUT2D eigenvalue weighted by molar-refractivity contribution is -0.153. The first-order valence-electron chi connectivity index (χ1n) is 20.5. The molecule has 9 N–H and O–H groups in total. The van der Waals surface area contributed by atoms with Crippen LogP contribution in [0.2, 0.25) is 0 Å². The maximum Gasteiger partial charge on any atom is 0.245 e. The normalized spacial score (nSPS) is 17.7. The molecule has 2 saturated heterocycles. The van der Waals surface area contributed by atoms with E-state index in [-0.39, 0.29) is 29.6 Å². The van der Waals surface area contributed by atoms with Crippen molar-refractivity contribution in [1.82, 2.24) is 25.8 Å². The Bertz CT molecular complexity index is 1570. The SMILES string of the molecule is CC(C)CC(N)C(=O)N1CCC2(CC1)CN(C(=O)C(CCCCN)NC(=O)C(CC(C)C)NC(=O)C(Cc1ccccc1)NC(=O)C(N)Cc1ccccc1)C2. The van der Waals surface area contributed by atoms with E-state index in [0.717, 1.165) is 24.0 Å². The molecule has 2 aliphatic rings. The van der Waals surface area contributed by atoms with Gasteiger partial charge in [0.15, 0.2) is 0 Å². The molecule has 13 nitrogen and oxygen atoms in total. The van der Waals surface area contributed by atoms with Gasteiger partial charge in [-0.15, -0.1) is 0 Å². The number of likely N-dealkylation sites (tertiary alicyclic amines) is 2. The van der Waals surface area contributed by atoms with E-state index in [1.165, 1.54) is 0 Å². The molecular weight excluding hydrogens is 709 g/mol. The van der Waals surface area contributed by atoms with Crippen molar-refractivity contribution >= 4 is 29.5 Å². The van der Waals surface area contributed by atoms with E-state index in [1.54, 1.807) is 4.90 Å². The van der Waals surface area contributed by atoms with Crippen LogP contribution in [-0.2, 0) is 36.8 Å². The molecule has 0 radical (unpaired) electrons. The van der Waals surface area contributed by atoms with Crippen LogP contribution < -0.4 is 33.2 Å². The van der Waals surface area contributed by atoms with Crippen molar-refractivity contribution in [3.63, 3.8) is 0 Å². The minimum Gasteiger partial charge on any atom is -0.343 e. The summed E-state index contributed by atoms with van der Waals surface area (Å²) in [7, 11) is 0. The van der Waals surface area contributed by atoms with E-state index >= 15 is 0 Å². The standard InChI is InChI=1S/C43H66N8O5/c1-29(2)23-34(46)41(55)50-21-18-43(19-22-50)27-51(28-43)42(56)35(17-11-12-20-44)47-39(53)36(24-30(3)4)49-40(54)37(26-32-15-9-6-10-16-32)48-38(52)33(45)25-31-13-7-5-8-14-31/h5-10,13-16,29-30,33-37H,11-12,17-28,44-46H2,1-4H3,(H,47,53)(H,48,52)(H,49,54). The molecule has 2 fully saturated rings. The smallest absolute Gasteiger partial charge is 0.245 e. The van der Waals surface area contributed by atoms with Crippen molar-refractivity contribution in [2.45, 2.75) is 116 Å². The van der Waals surface area contributed by atoms with E-state index in [2.05, 4.69) is 29.8 Å². The quantitative estimate of drug-likeness (QED) is 0.110. The van der Waals surface area contributed by atoms with Gasteiger partial charge in [0.25, 0.3) is 0 Å². The van der Waals surface area contributed by atoms with Crippen LogP contribution >= 0.6 is 0 Å². The summed E-state index contributed by atoms with van der Waals surface area (Å²) in [4.78, 5) is 72.0. The van der Waals surface area contributed by atoms with Gasteiger partial charge in [-0.05, 0) is 80.9 Å². The Hall–Kier alpha value is -4.33. The lowest BCUT2D eigenvalue weighted by atomic mass is 9.71. The summed E-state index contributed by atoms with van der Waals surface area (Å²) in [6.45, 7) is 10.9. The Morgan fingerprint density at radius 1 is 0.625 bits per heavy atom. The molecule has 0 aromatic heterocycles. The Morgan fingerprint density at radius 3 is 1.70 bits per heavy atom. The predicted octanol–water partition coefficient (Wildman–Crippen LogP) is 2.25. The first kappa shape index (κ1) is 44.4. The molecule has 2 aromatic rings. The molecule has 2 heterocycles. The average molecular weight is 775 g/mol. The first-order valence-corrected chi connectivity index (χ1v) is 20.5. The minimum absolute atomic E-state index is 0.00747. The molecule has 1 spiro atoms. The zero-order valence-electron chi connectivity index (χ0n) is 33.9. The summed E-state index contributed by atoms with van der Waals surface area (Å²) >= 11 is 0. The highest BCUT2D eigenvalue weighted by Crippen LogP contribution is 2.41. The van der Waals surface area contributed by atoms with Gasteiger partial charge in [0.05, 0.1) is 12.1 Å². The second-order valence-electron chi connectivity index (χ2n) is 16.8. The number of nitrogens with one attached hydrogen (secondary N) is 3. The zero-order valence-corrected chi connectivity index (χ0v) is 33.9. The molecule has 56 heavy (non-hydrogen) atoms. The number of rotatable bonds is 20. The lowest BCUT2D eigenvalue weighted by Gasteiger charge is -2.54. The maximum atomic E-state index is 14.0. The fraction of sp³-hybridized carbons (Fsp3) is 0.605. The highest BCUT2D eigenvalue weighted by Gasteiger charge is 2.48. The van der Waals surface area contributed by atoms with Crippen molar-refractivity contribution in [2.75, 3.05) is 32.7 Å². The van der Waals surface area contributed by atoms with E-state index in [4.69, 9.17) is 17.2 Å². The number of carbonyl (C=O) groups is 5. The Balaban J connectivity index is 1.41. The first-order chi connectivity index (χ1) is 26.7. The van der Waals surface area contributed by atoms with Gasteiger partial charge in [0.2, 0.25) is 29.5 Å². The molecular formula is C43H66N8O5. The van der Waals surface area contributed by atoms with Crippen LogP contribution in [0.4, 0.5) is 0 Å². The molecule has 2 aromatic carbocycles. The summed E-state index contributed by atoms with van der Waals surface area (Å²) in [6.07, 6.45) is 4.81. The third-order valence-corrected chi connectivity index (χ3v) is 11.0.